The van der Waals surface area contributed by atoms with Crippen molar-refractivity contribution in [2.24, 2.45) is 5.73 Å². The zero-order valence-electron chi connectivity index (χ0n) is 11.7. The molecule has 1 aromatic carbocycles. The maximum Gasteiger partial charge on any atom is 0.122 e. The third-order valence-corrected chi connectivity index (χ3v) is 4.73. The molecular formula is C16H24N2O. The molecule has 2 bridgehead atoms. The number of benzene rings is 1. The number of piperidine rings is 1. The predicted octanol–water partition coefficient (Wildman–Crippen LogP) is 2.19. The van der Waals surface area contributed by atoms with Crippen molar-refractivity contribution >= 4 is 0 Å². The summed E-state index contributed by atoms with van der Waals surface area (Å²) in [5.74, 6) is 1.04. The maximum atomic E-state index is 6.29. The molecule has 1 aromatic rings. The SMILES string of the molecule is CN1C2CCC1CC(Oc1ccccc1CCN)C2. The molecule has 0 spiro atoms. The van der Waals surface area contributed by atoms with Crippen LogP contribution in [0.3, 0.4) is 0 Å². The van der Waals surface area contributed by atoms with Crippen LogP contribution in [0.4, 0.5) is 0 Å². The zero-order valence-corrected chi connectivity index (χ0v) is 11.7. The monoisotopic (exact) mass is 260 g/mol. The fourth-order valence-corrected chi connectivity index (χ4v) is 3.62. The van der Waals surface area contributed by atoms with Gasteiger partial charge in [0, 0.05) is 12.1 Å². The largest absolute Gasteiger partial charge is 0.490 e. The van der Waals surface area contributed by atoms with Gasteiger partial charge in [0.05, 0.1) is 0 Å². The molecule has 0 saturated carbocycles. The second-order valence-electron chi connectivity index (χ2n) is 5.91. The molecule has 2 aliphatic heterocycles. The lowest BCUT2D eigenvalue weighted by Crippen LogP contribution is -2.43. The molecule has 2 unspecified atom stereocenters. The Hall–Kier alpha value is -1.06. The third kappa shape index (κ3) is 2.63. The maximum absolute atomic E-state index is 6.29. The minimum absolute atomic E-state index is 0.382. The average molecular weight is 260 g/mol. The highest BCUT2D eigenvalue weighted by Gasteiger charge is 2.39. The van der Waals surface area contributed by atoms with Crippen LogP contribution < -0.4 is 10.5 Å². The van der Waals surface area contributed by atoms with Crippen LogP contribution in [0.5, 0.6) is 5.75 Å². The molecule has 2 atom stereocenters. The predicted molar refractivity (Wildman–Crippen MR) is 77.4 cm³/mol. The van der Waals surface area contributed by atoms with Crippen molar-refractivity contribution in [1.82, 2.24) is 4.90 Å². The van der Waals surface area contributed by atoms with Gasteiger partial charge in [-0.1, -0.05) is 18.2 Å². The van der Waals surface area contributed by atoms with E-state index in [-0.39, 0.29) is 0 Å². The zero-order chi connectivity index (χ0) is 13.2. The summed E-state index contributed by atoms with van der Waals surface area (Å²) in [6.45, 7) is 0.680. The van der Waals surface area contributed by atoms with Crippen LogP contribution in [-0.4, -0.2) is 36.7 Å². The molecule has 2 saturated heterocycles. The van der Waals surface area contributed by atoms with Crippen molar-refractivity contribution in [2.75, 3.05) is 13.6 Å². The molecule has 2 fully saturated rings. The van der Waals surface area contributed by atoms with Crippen molar-refractivity contribution < 1.29 is 4.74 Å². The Morgan fingerprint density at radius 1 is 1.21 bits per heavy atom. The summed E-state index contributed by atoms with van der Waals surface area (Å²) in [7, 11) is 2.26. The molecule has 0 aliphatic carbocycles. The molecule has 0 aromatic heterocycles. The molecular weight excluding hydrogens is 236 g/mol. The van der Waals surface area contributed by atoms with Crippen LogP contribution in [-0.2, 0) is 6.42 Å². The Bertz CT molecular complexity index is 421. The highest BCUT2D eigenvalue weighted by Crippen LogP contribution is 2.36. The minimum Gasteiger partial charge on any atom is -0.490 e. The summed E-state index contributed by atoms with van der Waals surface area (Å²) < 4.78 is 6.29. The molecule has 2 N–H and O–H groups in total. The van der Waals surface area contributed by atoms with E-state index in [1.807, 2.05) is 0 Å². The summed E-state index contributed by atoms with van der Waals surface area (Å²) >= 11 is 0. The van der Waals surface area contributed by atoms with E-state index in [4.69, 9.17) is 10.5 Å². The van der Waals surface area contributed by atoms with E-state index < -0.39 is 0 Å². The topological polar surface area (TPSA) is 38.5 Å². The second-order valence-corrected chi connectivity index (χ2v) is 5.91. The van der Waals surface area contributed by atoms with Crippen LogP contribution in [0.1, 0.15) is 31.2 Å². The molecule has 3 heteroatoms. The Labute approximate surface area is 115 Å². The standard InChI is InChI=1S/C16H24N2O/c1-18-13-6-7-14(18)11-15(10-13)19-16-5-3-2-4-12(16)8-9-17/h2-5,13-15H,6-11,17H2,1H3. The van der Waals surface area contributed by atoms with Crippen molar-refractivity contribution in [3.05, 3.63) is 29.8 Å². The van der Waals surface area contributed by atoms with E-state index in [0.29, 0.717) is 12.6 Å². The molecule has 0 radical (unpaired) electrons. The van der Waals surface area contributed by atoms with Gasteiger partial charge >= 0.3 is 0 Å². The molecule has 19 heavy (non-hydrogen) atoms. The van der Waals surface area contributed by atoms with Crippen LogP contribution in [0.2, 0.25) is 0 Å². The van der Waals surface area contributed by atoms with Crippen molar-refractivity contribution in [3.63, 3.8) is 0 Å². The lowest BCUT2D eigenvalue weighted by atomic mass is 10.0. The fraction of sp³-hybridized carbons (Fsp3) is 0.625. The number of nitrogens with zero attached hydrogens (tertiary/aromatic N) is 1. The number of rotatable bonds is 4. The molecule has 104 valence electrons. The normalized spacial score (nSPS) is 30.5. The van der Waals surface area contributed by atoms with E-state index in [2.05, 4.69) is 36.2 Å². The number of hydrogen-bond donors (Lipinski definition) is 1. The van der Waals surface area contributed by atoms with Gasteiger partial charge in [-0.3, -0.25) is 0 Å². The second kappa shape index (κ2) is 5.51. The molecule has 2 heterocycles. The van der Waals surface area contributed by atoms with Crippen LogP contribution in [0, 0.1) is 0 Å². The van der Waals surface area contributed by atoms with E-state index in [1.165, 1.54) is 31.2 Å². The van der Waals surface area contributed by atoms with Crippen molar-refractivity contribution in [3.8, 4) is 5.75 Å². The quantitative estimate of drug-likeness (QED) is 0.902. The lowest BCUT2D eigenvalue weighted by molar-refractivity contribution is 0.0655. The van der Waals surface area contributed by atoms with E-state index in [1.54, 1.807) is 0 Å². The van der Waals surface area contributed by atoms with Crippen LogP contribution in [0.15, 0.2) is 24.3 Å². The summed E-state index contributed by atoms with van der Waals surface area (Å²) in [5, 5.41) is 0. The van der Waals surface area contributed by atoms with Gasteiger partial charge in [0.2, 0.25) is 0 Å². The van der Waals surface area contributed by atoms with Gasteiger partial charge in [0.1, 0.15) is 11.9 Å². The Kier molecular flexibility index (Phi) is 3.76. The summed E-state index contributed by atoms with van der Waals surface area (Å²) in [5.41, 5.74) is 6.92. The summed E-state index contributed by atoms with van der Waals surface area (Å²) in [4.78, 5) is 2.55. The van der Waals surface area contributed by atoms with Crippen LogP contribution >= 0.6 is 0 Å². The van der Waals surface area contributed by atoms with Gasteiger partial charge in [-0.05, 0) is 57.3 Å². The average Bonchev–Trinajstić information content (AvgIpc) is 2.64. The first kappa shape index (κ1) is 12.9. The van der Waals surface area contributed by atoms with Gasteiger partial charge in [0.15, 0.2) is 0 Å². The van der Waals surface area contributed by atoms with E-state index in [0.717, 1.165) is 24.3 Å². The Morgan fingerprint density at radius 2 is 1.89 bits per heavy atom. The number of fused-ring (bicyclic) bond motifs is 2. The van der Waals surface area contributed by atoms with E-state index >= 15 is 0 Å². The molecule has 0 amide bonds. The molecule has 3 nitrogen and oxygen atoms in total. The molecule has 2 aliphatic rings. The highest BCUT2D eigenvalue weighted by molar-refractivity contribution is 5.33. The highest BCUT2D eigenvalue weighted by atomic mass is 16.5. The first-order chi connectivity index (χ1) is 9.28. The third-order valence-electron chi connectivity index (χ3n) is 4.73. The van der Waals surface area contributed by atoms with Gasteiger partial charge in [-0.2, -0.15) is 0 Å². The number of hydrogen-bond acceptors (Lipinski definition) is 3. The Morgan fingerprint density at radius 3 is 2.58 bits per heavy atom. The van der Waals surface area contributed by atoms with Gasteiger partial charge in [-0.25, -0.2) is 0 Å². The smallest absolute Gasteiger partial charge is 0.122 e. The number of ether oxygens (including phenoxy) is 1. The van der Waals surface area contributed by atoms with Gasteiger partial charge in [-0.15, -0.1) is 0 Å². The van der Waals surface area contributed by atoms with Crippen molar-refractivity contribution in [1.29, 1.82) is 0 Å². The minimum atomic E-state index is 0.382. The van der Waals surface area contributed by atoms with E-state index in [9.17, 15) is 0 Å². The molecule has 3 rings (SSSR count). The number of nitrogens with two attached hydrogens (primary N) is 1. The first-order valence-electron chi connectivity index (χ1n) is 7.44. The lowest BCUT2D eigenvalue weighted by Gasteiger charge is -2.36. The number of para-hydroxylation sites is 1. The summed E-state index contributed by atoms with van der Waals surface area (Å²) in [6.07, 6.45) is 6.30. The van der Waals surface area contributed by atoms with Crippen LogP contribution in [0.25, 0.3) is 0 Å². The fourth-order valence-electron chi connectivity index (χ4n) is 3.62. The van der Waals surface area contributed by atoms with Gasteiger partial charge in [0.25, 0.3) is 0 Å². The van der Waals surface area contributed by atoms with Crippen molar-refractivity contribution in [2.45, 2.75) is 50.3 Å². The summed E-state index contributed by atoms with van der Waals surface area (Å²) in [6, 6.07) is 9.79. The first-order valence-corrected chi connectivity index (χ1v) is 7.44. The Balaban J connectivity index is 1.69. The van der Waals surface area contributed by atoms with Gasteiger partial charge < -0.3 is 15.4 Å².